The second kappa shape index (κ2) is 7.49. The van der Waals surface area contributed by atoms with Gasteiger partial charge >= 0.3 is 6.36 Å². The van der Waals surface area contributed by atoms with E-state index in [1.165, 1.54) is 19.1 Å². The van der Waals surface area contributed by atoms with Gasteiger partial charge in [0.05, 0.1) is 5.57 Å². The van der Waals surface area contributed by atoms with Crippen LogP contribution in [-0.2, 0) is 9.53 Å². The number of carbonyl (C=O) groups excluding carboxylic acids is 1. The van der Waals surface area contributed by atoms with E-state index in [0.717, 1.165) is 11.6 Å². The van der Waals surface area contributed by atoms with Crippen molar-refractivity contribution in [3.8, 4) is 0 Å². The van der Waals surface area contributed by atoms with Crippen LogP contribution in [0.3, 0.4) is 0 Å². The Labute approximate surface area is 126 Å². The number of amides is 1. The van der Waals surface area contributed by atoms with Gasteiger partial charge in [-0.05, 0) is 32.1 Å². The summed E-state index contributed by atoms with van der Waals surface area (Å²) in [6.07, 6.45) is -1.31. The minimum atomic E-state index is -4.88. The van der Waals surface area contributed by atoms with Crippen LogP contribution in [-0.4, -0.2) is 12.3 Å². The van der Waals surface area contributed by atoms with E-state index in [1.807, 2.05) is 6.92 Å². The lowest BCUT2D eigenvalue weighted by atomic mass is 10.2. The van der Waals surface area contributed by atoms with E-state index in [2.05, 4.69) is 16.6 Å². The van der Waals surface area contributed by atoms with Crippen molar-refractivity contribution in [2.75, 3.05) is 5.32 Å². The number of hydrogen-bond acceptors (Lipinski definition) is 2. The minimum Gasteiger partial charge on any atom is -0.405 e. The number of aryl methyl sites for hydroxylation is 1. The molecule has 0 bridgehead atoms. The second-order valence-electron chi connectivity index (χ2n) is 4.45. The third-order valence-corrected chi connectivity index (χ3v) is 2.63. The minimum absolute atomic E-state index is 0.198. The summed E-state index contributed by atoms with van der Waals surface area (Å²) in [5.74, 6) is -1.27. The van der Waals surface area contributed by atoms with Gasteiger partial charge in [0.1, 0.15) is 5.76 Å². The average Bonchev–Trinajstić information content (AvgIpc) is 2.44. The van der Waals surface area contributed by atoms with E-state index in [9.17, 15) is 18.0 Å². The Balaban J connectivity index is 3.00. The van der Waals surface area contributed by atoms with E-state index in [4.69, 9.17) is 0 Å². The van der Waals surface area contributed by atoms with Gasteiger partial charge in [-0.2, -0.15) is 0 Å². The summed E-state index contributed by atoms with van der Waals surface area (Å²) < 4.78 is 41.0. The number of hydrogen-bond donors (Lipinski definition) is 1. The Morgan fingerprint density at radius 3 is 2.36 bits per heavy atom. The number of nitrogens with one attached hydrogen (secondary N) is 1. The highest BCUT2D eigenvalue weighted by atomic mass is 19.4. The first-order chi connectivity index (χ1) is 10.2. The van der Waals surface area contributed by atoms with E-state index in [0.29, 0.717) is 5.69 Å². The van der Waals surface area contributed by atoms with Crippen LogP contribution in [0.1, 0.15) is 12.5 Å². The molecule has 118 valence electrons. The molecule has 1 N–H and O–H groups in total. The smallest absolute Gasteiger partial charge is 0.405 e. The molecule has 3 nitrogen and oxygen atoms in total. The van der Waals surface area contributed by atoms with Gasteiger partial charge in [-0.25, -0.2) is 0 Å². The highest BCUT2D eigenvalue weighted by Gasteiger charge is 2.32. The molecule has 0 heterocycles. The quantitative estimate of drug-likeness (QED) is 0.494. The van der Waals surface area contributed by atoms with Crippen LogP contribution in [0, 0.1) is 6.92 Å². The van der Waals surface area contributed by atoms with Gasteiger partial charge in [-0.15, -0.1) is 13.2 Å². The maximum atomic E-state index is 12.4. The molecule has 6 heteroatoms. The fourth-order valence-electron chi connectivity index (χ4n) is 1.49. The molecule has 0 aliphatic heterocycles. The molecule has 0 aliphatic rings. The zero-order chi connectivity index (χ0) is 16.8. The molecule has 0 saturated heterocycles. The Morgan fingerprint density at radius 1 is 1.27 bits per heavy atom. The molecule has 0 radical (unpaired) electrons. The van der Waals surface area contributed by atoms with Crippen molar-refractivity contribution in [3.63, 3.8) is 0 Å². The standard InChI is InChI=1S/C16H16F3NO2/c1-4-5-6-14(22-16(17,18)19)12(3)15(21)20-13-9-7-11(2)8-10-13/h4-10H,1H2,2-3H3,(H,20,21)/b6-5-,14-12-. The zero-order valence-electron chi connectivity index (χ0n) is 12.2. The van der Waals surface area contributed by atoms with Crippen molar-refractivity contribution < 1.29 is 22.7 Å². The molecule has 1 rings (SSSR count). The molecule has 22 heavy (non-hydrogen) atoms. The fraction of sp³-hybridized carbons (Fsp3) is 0.188. The van der Waals surface area contributed by atoms with Crippen molar-refractivity contribution in [2.24, 2.45) is 0 Å². The molecule has 0 aromatic heterocycles. The third kappa shape index (κ3) is 5.87. The molecule has 1 amide bonds. The van der Waals surface area contributed by atoms with Crippen LogP contribution < -0.4 is 5.32 Å². The van der Waals surface area contributed by atoms with Gasteiger partial charge in [0.2, 0.25) is 0 Å². The second-order valence-corrected chi connectivity index (χ2v) is 4.45. The lowest BCUT2D eigenvalue weighted by Gasteiger charge is -2.13. The van der Waals surface area contributed by atoms with Gasteiger partial charge in [-0.1, -0.05) is 36.4 Å². The number of halogens is 3. The summed E-state index contributed by atoms with van der Waals surface area (Å²) in [4.78, 5) is 12.0. The van der Waals surface area contributed by atoms with Crippen molar-refractivity contribution in [2.45, 2.75) is 20.2 Å². The highest BCUT2D eigenvalue weighted by Crippen LogP contribution is 2.24. The highest BCUT2D eigenvalue weighted by molar-refractivity contribution is 6.03. The number of carbonyl (C=O) groups is 1. The average molecular weight is 311 g/mol. The Kier molecular flexibility index (Phi) is 5.98. The summed E-state index contributed by atoms with van der Waals surface area (Å²) in [5.41, 5.74) is 1.28. The zero-order valence-corrected chi connectivity index (χ0v) is 12.2. The van der Waals surface area contributed by atoms with Gasteiger partial charge in [0, 0.05) is 5.69 Å². The Morgan fingerprint density at radius 2 is 1.86 bits per heavy atom. The molecule has 1 aromatic carbocycles. The summed E-state index contributed by atoms with van der Waals surface area (Å²) in [7, 11) is 0. The Hall–Kier alpha value is -2.50. The lowest BCUT2D eigenvalue weighted by molar-refractivity contribution is -0.303. The normalized spacial score (nSPS) is 12.8. The monoisotopic (exact) mass is 311 g/mol. The van der Waals surface area contributed by atoms with Crippen molar-refractivity contribution in [1.29, 1.82) is 0 Å². The number of benzene rings is 1. The molecule has 0 unspecified atom stereocenters. The molecule has 0 fully saturated rings. The third-order valence-electron chi connectivity index (χ3n) is 2.63. The summed E-state index contributed by atoms with van der Waals surface area (Å²) in [6, 6.07) is 6.87. The molecular formula is C16H16F3NO2. The molecular weight excluding hydrogens is 295 g/mol. The van der Waals surface area contributed by atoms with Crippen LogP contribution in [0.15, 0.2) is 60.4 Å². The van der Waals surface area contributed by atoms with Crippen LogP contribution >= 0.6 is 0 Å². The lowest BCUT2D eigenvalue weighted by Crippen LogP contribution is -2.18. The number of rotatable bonds is 5. The van der Waals surface area contributed by atoms with Crippen molar-refractivity contribution in [3.05, 3.63) is 66.0 Å². The van der Waals surface area contributed by atoms with Crippen LogP contribution in [0.5, 0.6) is 0 Å². The number of ether oxygens (including phenoxy) is 1. The summed E-state index contributed by atoms with van der Waals surface area (Å²) >= 11 is 0. The van der Waals surface area contributed by atoms with Gasteiger partial charge in [-0.3, -0.25) is 4.79 Å². The predicted molar refractivity (Wildman–Crippen MR) is 79.0 cm³/mol. The number of allylic oxidation sites excluding steroid dienone is 3. The van der Waals surface area contributed by atoms with E-state index in [-0.39, 0.29) is 5.57 Å². The van der Waals surface area contributed by atoms with E-state index >= 15 is 0 Å². The number of alkyl halides is 3. The Bertz CT molecular complexity index is 599. The number of anilines is 1. The maximum Gasteiger partial charge on any atom is 0.573 e. The van der Waals surface area contributed by atoms with Gasteiger partial charge < -0.3 is 10.1 Å². The fourth-order valence-corrected chi connectivity index (χ4v) is 1.49. The summed E-state index contributed by atoms with van der Waals surface area (Å²) in [5, 5.41) is 2.51. The maximum absolute atomic E-state index is 12.4. The van der Waals surface area contributed by atoms with Crippen molar-refractivity contribution >= 4 is 11.6 Å². The molecule has 0 aliphatic carbocycles. The first-order valence-electron chi connectivity index (χ1n) is 6.36. The van der Waals surface area contributed by atoms with E-state index < -0.39 is 18.0 Å². The predicted octanol–water partition coefficient (Wildman–Crippen LogP) is 4.49. The molecule has 0 atom stereocenters. The summed E-state index contributed by atoms with van der Waals surface area (Å²) in [6.45, 7) is 6.49. The van der Waals surface area contributed by atoms with Crippen LogP contribution in [0.2, 0.25) is 0 Å². The van der Waals surface area contributed by atoms with E-state index in [1.54, 1.807) is 24.3 Å². The van der Waals surface area contributed by atoms with Crippen LogP contribution in [0.25, 0.3) is 0 Å². The molecule has 0 spiro atoms. The SMILES string of the molecule is C=C/C=C\C(OC(F)(F)F)=C(/C)C(=O)Nc1ccc(C)cc1. The first kappa shape index (κ1) is 17.6. The topological polar surface area (TPSA) is 38.3 Å². The molecule has 0 saturated carbocycles. The van der Waals surface area contributed by atoms with Gasteiger partial charge in [0.25, 0.3) is 5.91 Å². The molecule has 1 aromatic rings. The first-order valence-corrected chi connectivity index (χ1v) is 6.36. The van der Waals surface area contributed by atoms with Gasteiger partial charge in [0.15, 0.2) is 0 Å². The van der Waals surface area contributed by atoms with Crippen LogP contribution in [0.4, 0.5) is 18.9 Å². The van der Waals surface area contributed by atoms with Crippen molar-refractivity contribution in [1.82, 2.24) is 0 Å². The largest absolute Gasteiger partial charge is 0.573 e.